The third kappa shape index (κ3) is 1230. The minimum atomic E-state index is -4.64. The molecule has 0 spiro atoms. The van der Waals surface area contributed by atoms with Gasteiger partial charge in [0.25, 0.3) is 0 Å². The quantitative estimate of drug-likeness (QED) is 0.145. The van der Waals surface area contributed by atoms with E-state index >= 15 is 0 Å². The third-order valence-corrected chi connectivity index (χ3v) is 0. The summed E-state index contributed by atoms with van der Waals surface area (Å²) in [5.74, 6) is 0. The van der Waals surface area contributed by atoms with Gasteiger partial charge in [0, 0.05) is 0 Å². The monoisotopic (exact) mass is 352 g/mol. The Kier molecular flexibility index (Phi) is 23.9. The average molecular weight is 352 g/mol. The van der Waals surface area contributed by atoms with Gasteiger partial charge in [0.15, 0.2) is 0 Å². The molecule has 0 aromatic heterocycles. The first kappa shape index (κ1) is 31.4. The van der Waals surface area contributed by atoms with E-state index in [1.165, 1.54) is 0 Å². The van der Waals surface area contributed by atoms with Crippen molar-refractivity contribution >= 4 is 23.5 Å². The van der Waals surface area contributed by atoms with E-state index in [0.717, 1.165) is 0 Å². The minimum absolute atomic E-state index is 0. The summed E-state index contributed by atoms with van der Waals surface area (Å²) in [5, 5.41) is 0. The normalized spacial score (nSPS) is 10.4. The first-order chi connectivity index (χ1) is 6.00. The van der Waals surface area contributed by atoms with Crippen LogP contribution in [0.1, 0.15) is 1.43 Å². The molecule has 17 heavy (non-hydrogen) atoms. The standard InChI is InChI=1S/K.3H3O4P.H2O.H/c;3*1-5(2,3)4;;/h;3*(H3,1,2,3,4);1H2;/q+1;;;;;-1. The van der Waals surface area contributed by atoms with Gasteiger partial charge in [-0.15, -0.1) is 0 Å². The van der Waals surface area contributed by atoms with Crippen molar-refractivity contribution in [3.8, 4) is 0 Å². The van der Waals surface area contributed by atoms with Crippen molar-refractivity contribution in [2.75, 3.05) is 0 Å². The Labute approximate surface area is 138 Å². The van der Waals surface area contributed by atoms with E-state index in [9.17, 15) is 0 Å². The largest absolute Gasteiger partial charge is 1.00 e. The topological polar surface area (TPSA) is 265 Å². The van der Waals surface area contributed by atoms with Crippen LogP contribution in [0.5, 0.6) is 0 Å². The molecule has 0 aliphatic carbocycles. The van der Waals surface area contributed by atoms with Gasteiger partial charge in [0.1, 0.15) is 0 Å². The molecule has 106 valence electrons. The number of hydrogen-bond donors (Lipinski definition) is 9. The van der Waals surface area contributed by atoms with Crippen LogP contribution >= 0.6 is 23.5 Å². The molecule has 0 aromatic carbocycles. The summed E-state index contributed by atoms with van der Waals surface area (Å²) in [4.78, 5) is 64.7. The van der Waals surface area contributed by atoms with E-state index in [-0.39, 0.29) is 58.3 Å². The first-order valence-corrected chi connectivity index (χ1v) is 7.04. The maximum absolute atomic E-state index is 8.88. The van der Waals surface area contributed by atoms with E-state index in [4.69, 9.17) is 57.7 Å². The fourth-order valence-corrected chi connectivity index (χ4v) is 0. The van der Waals surface area contributed by atoms with Gasteiger partial charge in [-0.2, -0.15) is 0 Å². The smallest absolute Gasteiger partial charge is 1.00 e. The van der Waals surface area contributed by atoms with Crippen molar-refractivity contribution in [3.63, 3.8) is 0 Å². The second kappa shape index (κ2) is 12.9. The molecular weight excluding hydrogens is 340 g/mol. The fourth-order valence-electron chi connectivity index (χ4n) is 0. The molecule has 0 fully saturated rings. The molecule has 0 radical (unpaired) electrons. The van der Waals surface area contributed by atoms with Gasteiger partial charge in [-0.25, -0.2) is 13.7 Å². The Hall–Kier alpha value is 1.93. The summed E-state index contributed by atoms with van der Waals surface area (Å²) < 4.78 is 26.6. The molecule has 0 heterocycles. The van der Waals surface area contributed by atoms with Crippen LogP contribution in [0.4, 0.5) is 0 Å². The Morgan fingerprint density at radius 2 is 0.529 bits per heavy atom. The molecule has 17 heteroatoms. The fraction of sp³-hybridized carbons (Fsp3) is 0. The molecule has 0 saturated heterocycles. The Bertz CT molecular complexity index is 208. The summed E-state index contributed by atoms with van der Waals surface area (Å²) in [6.45, 7) is 0. The number of phosphoric acid groups is 3. The summed E-state index contributed by atoms with van der Waals surface area (Å²) in [5.41, 5.74) is 0. The van der Waals surface area contributed by atoms with Gasteiger partial charge >= 0.3 is 74.9 Å². The molecule has 0 bridgehead atoms. The van der Waals surface area contributed by atoms with E-state index in [1.54, 1.807) is 0 Å². The van der Waals surface area contributed by atoms with Crippen molar-refractivity contribution in [2.45, 2.75) is 0 Å². The van der Waals surface area contributed by atoms with Crippen LogP contribution in [-0.4, -0.2) is 49.5 Å². The molecule has 11 N–H and O–H groups in total. The summed E-state index contributed by atoms with van der Waals surface area (Å²) in [6, 6.07) is 0. The molecule has 0 rings (SSSR count). The van der Waals surface area contributed by atoms with Crippen LogP contribution in [0.25, 0.3) is 0 Å². The average Bonchev–Trinajstić information content (AvgIpc) is 1.41. The van der Waals surface area contributed by atoms with Gasteiger partial charge in [0.2, 0.25) is 0 Å². The molecule has 0 saturated carbocycles. The molecule has 13 nitrogen and oxygen atoms in total. The van der Waals surface area contributed by atoms with Crippen LogP contribution in [-0.2, 0) is 13.7 Å². The zero-order valence-corrected chi connectivity index (χ0v) is 13.9. The van der Waals surface area contributed by atoms with Crippen LogP contribution in [0.15, 0.2) is 0 Å². The zero-order valence-electron chi connectivity index (χ0n) is 9.09. The van der Waals surface area contributed by atoms with E-state index < -0.39 is 23.5 Å². The Morgan fingerprint density at radius 3 is 0.529 bits per heavy atom. The third-order valence-electron chi connectivity index (χ3n) is 0. The van der Waals surface area contributed by atoms with Crippen molar-refractivity contribution in [3.05, 3.63) is 0 Å². The van der Waals surface area contributed by atoms with E-state index in [0.29, 0.717) is 0 Å². The minimum Gasteiger partial charge on any atom is -1.00 e. The van der Waals surface area contributed by atoms with Crippen LogP contribution in [0, 0.1) is 0 Å². The summed E-state index contributed by atoms with van der Waals surface area (Å²) >= 11 is 0. The van der Waals surface area contributed by atoms with Crippen molar-refractivity contribution in [1.29, 1.82) is 0 Å². The van der Waals surface area contributed by atoms with Gasteiger partial charge in [-0.05, 0) is 0 Å². The van der Waals surface area contributed by atoms with Crippen LogP contribution < -0.4 is 51.4 Å². The van der Waals surface area contributed by atoms with E-state index in [2.05, 4.69) is 0 Å². The zero-order chi connectivity index (χ0) is 13.5. The first-order valence-electron chi connectivity index (χ1n) is 2.35. The van der Waals surface area contributed by atoms with Crippen molar-refractivity contribution in [1.82, 2.24) is 0 Å². The van der Waals surface area contributed by atoms with E-state index in [1.807, 2.05) is 0 Å². The summed E-state index contributed by atoms with van der Waals surface area (Å²) in [7, 11) is -13.9. The van der Waals surface area contributed by atoms with Crippen LogP contribution in [0.2, 0.25) is 0 Å². The Morgan fingerprint density at radius 1 is 0.529 bits per heavy atom. The molecule has 0 aliphatic rings. The molecule has 0 aromatic rings. The predicted octanol–water partition coefficient (Wildman–Crippen LogP) is -6.49. The maximum atomic E-state index is 8.88. The van der Waals surface area contributed by atoms with Crippen molar-refractivity contribution < 1.29 is 116 Å². The number of hydrogen-bond acceptors (Lipinski definition) is 3. The van der Waals surface area contributed by atoms with Gasteiger partial charge in [-0.3, -0.25) is 0 Å². The second-order valence-corrected chi connectivity index (χ2v) is 4.62. The van der Waals surface area contributed by atoms with Crippen LogP contribution in [0.3, 0.4) is 0 Å². The molecule has 0 amide bonds. The molecular formula is H12KO13P3. The van der Waals surface area contributed by atoms with Gasteiger partial charge in [0.05, 0.1) is 0 Å². The molecule has 0 unspecified atom stereocenters. The Balaban J connectivity index is -0.0000000277. The second-order valence-electron chi connectivity index (χ2n) is 1.54. The number of rotatable bonds is 0. The molecule has 0 aliphatic heterocycles. The van der Waals surface area contributed by atoms with Gasteiger partial charge < -0.3 is 50.9 Å². The summed E-state index contributed by atoms with van der Waals surface area (Å²) in [6.07, 6.45) is 0. The maximum Gasteiger partial charge on any atom is 1.00 e. The van der Waals surface area contributed by atoms with Gasteiger partial charge in [-0.1, -0.05) is 0 Å². The predicted molar refractivity (Wildman–Crippen MR) is 47.5 cm³/mol. The van der Waals surface area contributed by atoms with Crippen molar-refractivity contribution in [2.24, 2.45) is 0 Å². The SMILES string of the molecule is O.O=P(O)(O)O.O=P(O)(O)O.O=P(O)(O)O.[H-].[K+]. The molecule has 0 atom stereocenters.